The monoisotopic (exact) mass is 309 g/mol. The third kappa shape index (κ3) is 4.00. The molecule has 0 atom stereocenters. The molecule has 7 nitrogen and oxygen atoms in total. The highest BCUT2D eigenvalue weighted by Gasteiger charge is 2.39. The highest BCUT2D eigenvalue weighted by atomic mass is 32.2. The summed E-state index contributed by atoms with van der Waals surface area (Å²) in [5.74, 6) is -0.713. The number of carbonyl (C=O) groups excluding carboxylic acids is 1. The maximum absolute atomic E-state index is 11.8. The van der Waals surface area contributed by atoms with Crippen LogP contribution in [0.25, 0.3) is 0 Å². The molecule has 0 aromatic carbocycles. The molecule has 0 aromatic heterocycles. The van der Waals surface area contributed by atoms with Crippen LogP contribution >= 0.6 is 11.8 Å². The van der Waals surface area contributed by atoms with E-state index in [1.165, 1.54) is 16.7 Å². The Hall–Kier alpha value is -0.960. The van der Waals surface area contributed by atoms with E-state index in [9.17, 15) is 13.2 Å². The Balaban J connectivity index is 2.69. The van der Waals surface area contributed by atoms with Crippen molar-refractivity contribution in [1.29, 1.82) is 0 Å². The largest absolute Gasteiger partial charge is 0.409 e. The lowest BCUT2D eigenvalue weighted by Gasteiger charge is -2.39. The van der Waals surface area contributed by atoms with Crippen molar-refractivity contribution in [3.8, 4) is 0 Å². The molecule has 1 amide bonds. The quantitative estimate of drug-likeness (QED) is 0.313. The zero-order chi connectivity index (χ0) is 14.7. The molecule has 1 aliphatic heterocycles. The van der Waals surface area contributed by atoms with Gasteiger partial charge >= 0.3 is 0 Å². The summed E-state index contributed by atoms with van der Waals surface area (Å²) in [6, 6.07) is 0. The lowest BCUT2D eigenvalue weighted by atomic mass is 9.94. The second-order valence-corrected chi connectivity index (χ2v) is 7.96. The summed E-state index contributed by atoms with van der Waals surface area (Å²) in [6.07, 6.45) is 3.99. The number of sulfone groups is 1. The van der Waals surface area contributed by atoms with Gasteiger partial charge < -0.3 is 15.8 Å². The summed E-state index contributed by atoms with van der Waals surface area (Å²) in [5, 5.41) is 11.9. The van der Waals surface area contributed by atoms with Gasteiger partial charge in [0, 0.05) is 19.3 Å². The van der Waals surface area contributed by atoms with Crippen LogP contribution in [-0.2, 0) is 14.6 Å². The fraction of sp³-hybridized carbons (Fsp3) is 0.800. The van der Waals surface area contributed by atoms with Gasteiger partial charge in [0.05, 0.1) is 4.75 Å². The first kappa shape index (κ1) is 16.1. The van der Waals surface area contributed by atoms with Crippen LogP contribution in [0.3, 0.4) is 0 Å². The number of carbonyl (C=O) groups is 1. The number of nitrogens with two attached hydrogens (primary N) is 1. The average molecular weight is 309 g/mol. The van der Waals surface area contributed by atoms with Crippen molar-refractivity contribution in [3.63, 3.8) is 0 Å². The minimum Gasteiger partial charge on any atom is -0.409 e. The number of nitrogens with zero attached hydrogens (tertiary/aromatic N) is 2. The third-order valence-electron chi connectivity index (χ3n) is 3.27. The predicted octanol–water partition coefficient (Wildman–Crippen LogP) is -0.498. The van der Waals surface area contributed by atoms with E-state index in [4.69, 9.17) is 10.9 Å². The van der Waals surface area contributed by atoms with Crippen molar-refractivity contribution in [2.24, 2.45) is 10.9 Å². The van der Waals surface area contributed by atoms with Gasteiger partial charge in [0.2, 0.25) is 5.91 Å². The third-order valence-corrected chi connectivity index (χ3v) is 5.44. The van der Waals surface area contributed by atoms with E-state index < -0.39 is 26.2 Å². The van der Waals surface area contributed by atoms with Gasteiger partial charge in [-0.1, -0.05) is 5.16 Å². The Morgan fingerprint density at radius 3 is 2.37 bits per heavy atom. The Morgan fingerprint density at radius 2 is 2.00 bits per heavy atom. The predicted molar refractivity (Wildman–Crippen MR) is 75.2 cm³/mol. The molecular formula is C10H19N3O4S2. The molecule has 1 heterocycles. The first-order valence-corrected chi connectivity index (χ1v) is 9.01. The minimum atomic E-state index is -3.31. The first-order chi connectivity index (χ1) is 8.74. The van der Waals surface area contributed by atoms with Crippen molar-refractivity contribution in [2.45, 2.75) is 17.6 Å². The second kappa shape index (κ2) is 6.00. The van der Waals surface area contributed by atoms with Crippen LogP contribution in [-0.4, -0.2) is 66.4 Å². The van der Waals surface area contributed by atoms with E-state index in [1.807, 2.05) is 6.26 Å². The zero-order valence-electron chi connectivity index (χ0n) is 11.0. The molecule has 0 saturated carbocycles. The summed E-state index contributed by atoms with van der Waals surface area (Å²) in [7, 11) is -3.31. The fourth-order valence-electron chi connectivity index (χ4n) is 2.09. The lowest BCUT2D eigenvalue weighted by molar-refractivity contribution is -0.129. The van der Waals surface area contributed by atoms with Crippen molar-refractivity contribution >= 4 is 33.3 Å². The van der Waals surface area contributed by atoms with E-state index in [0.717, 1.165) is 6.26 Å². The van der Waals surface area contributed by atoms with Crippen molar-refractivity contribution in [1.82, 2.24) is 4.90 Å². The topological polar surface area (TPSA) is 113 Å². The number of amides is 1. The van der Waals surface area contributed by atoms with Crippen LogP contribution in [0.4, 0.5) is 0 Å². The molecule has 0 aliphatic carbocycles. The Morgan fingerprint density at radius 1 is 1.47 bits per heavy atom. The van der Waals surface area contributed by atoms with Gasteiger partial charge in [0.25, 0.3) is 0 Å². The van der Waals surface area contributed by atoms with Crippen molar-refractivity contribution in [2.75, 3.05) is 31.4 Å². The van der Waals surface area contributed by atoms with E-state index in [1.54, 1.807) is 0 Å². The van der Waals surface area contributed by atoms with Crippen LogP contribution in [0.1, 0.15) is 12.8 Å². The molecule has 1 saturated heterocycles. The van der Waals surface area contributed by atoms with Crippen LogP contribution in [0.5, 0.6) is 0 Å². The first-order valence-electron chi connectivity index (χ1n) is 5.73. The standard InChI is InChI=1S/C10H19N3O4S2/c1-18-10(9(11)12-15)3-5-13(6-4-10)8(14)7-19(2,16)17/h15H,3-7H2,1-2H3,(H2,11,12). The van der Waals surface area contributed by atoms with Gasteiger partial charge in [0.15, 0.2) is 15.7 Å². The molecule has 19 heavy (non-hydrogen) atoms. The summed E-state index contributed by atoms with van der Waals surface area (Å²) in [6.45, 7) is 0.816. The molecule has 1 fully saturated rings. The molecule has 0 spiro atoms. The summed E-state index contributed by atoms with van der Waals surface area (Å²) >= 11 is 1.48. The molecule has 1 rings (SSSR count). The van der Waals surface area contributed by atoms with Gasteiger partial charge in [-0.15, -0.1) is 0 Å². The smallest absolute Gasteiger partial charge is 0.237 e. The number of oxime groups is 1. The van der Waals surface area contributed by atoms with Crippen LogP contribution < -0.4 is 5.73 Å². The number of rotatable bonds is 4. The zero-order valence-corrected chi connectivity index (χ0v) is 12.6. The lowest BCUT2D eigenvalue weighted by Crippen LogP contribution is -2.52. The second-order valence-electron chi connectivity index (χ2n) is 4.63. The van der Waals surface area contributed by atoms with Gasteiger partial charge in [-0.05, 0) is 19.1 Å². The number of piperidine rings is 1. The van der Waals surface area contributed by atoms with E-state index >= 15 is 0 Å². The molecule has 0 bridgehead atoms. The molecule has 0 radical (unpaired) electrons. The van der Waals surface area contributed by atoms with Gasteiger partial charge in [-0.3, -0.25) is 4.79 Å². The molecule has 3 N–H and O–H groups in total. The van der Waals surface area contributed by atoms with Gasteiger partial charge in [0.1, 0.15) is 5.75 Å². The highest BCUT2D eigenvalue weighted by molar-refractivity contribution is 8.00. The summed E-state index contributed by atoms with van der Waals surface area (Å²) in [5.41, 5.74) is 5.70. The summed E-state index contributed by atoms with van der Waals surface area (Å²) < 4.78 is 21.7. The molecule has 1 aliphatic rings. The molecule has 110 valence electrons. The molecule has 0 aromatic rings. The Labute approximate surface area is 117 Å². The SMILES string of the molecule is CSC1(C(N)=NO)CCN(C(=O)CS(C)(=O)=O)CC1. The number of hydrogen-bond donors (Lipinski definition) is 2. The Kier molecular flexibility index (Phi) is 5.08. The Bertz CT molecular complexity index is 467. The fourth-order valence-corrected chi connectivity index (χ4v) is 3.56. The van der Waals surface area contributed by atoms with Crippen molar-refractivity contribution < 1.29 is 18.4 Å². The van der Waals surface area contributed by atoms with E-state index in [2.05, 4.69) is 5.16 Å². The summed E-state index contributed by atoms with van der Waals surface area (Å²) in [4.78, 5) is 13.3. The normalized spacial score (nSPS) is 20.3. The molecule has 9 heteroatoms. The van der Waals surface area contributed by atoms with Gasteiger partial charge in [-0.2, -0.15) is 11.8 Å². The van der Waals surface area contributed by atoms with Crippen molar-refractivity contribution in [3.05, 3.63) is 0 Å². The van der Waals surface area contributed by atoms with E-state index in [-0.39, 0.29) is 5.84 Å². The van der Waals surface area contributed by atoms with E-state index in [0.29, 0.717) is 25.9 Å². The minimum absolute atomic E-state index is 0.148. The van der Waals surface area contributed by atoms with Crippen LogP contribution in [0.15, 0.2) is 5.16 Å². The molecule has 0 unspecified atom stereocenters. The highest BCUT2D eigenvalue weighted by Crippen LogP contribution is 2.34. The van der Waals surface area contributed by atoms with Gasteiger partial charge in [-0.25, -0.2) is 8.42 Å². The average Bonchev–Trinajstić information content (AvgIpc) is 2.35. The van der Waals surface area contributed by atoms with Crippen LogP contribution in [0, 0.1) is 0 Å². The number of thioether (sulfide) groups is 1. The molecular weight excluding hydrogens is 290 g/mol. The maximum Gasteiger partial charge on any atom is 0.237 e. The number of amidine groups is 1. The number of hydrogen-bond acceptors (Lipinski definition) is 6. The van der Waals surface area contributed by atoms with Crippen LogP contribution in [0.2, 0.25) is 0 Å². The number of likely N-dealkylation sites (tertiary alicyclic amines) is 1. The maximum atomic E-state index is 11.8.